The molecule has 2 atom stereocenters. The number of benzene rings is 1. The minimum absolute atomic E-state index is 0.141. The zero-order valence-corrected chi connectivity index (χ0v) is 18.8. The summed E-state index contributed by atoms with van der Waals surface area (Å²) in [6.07, 6.45) is 1.09. The van der Waals surface area contributed by atoms with E-state index in [0.29, 0.717) is 19.1 Å². The molecule has 0 saturated carbocycles. The maximum Gasteiger partial charge on any atom is 0.191 e. The van der Waals surface area contributed by atoms with Crippen LogP contribution in [0.15, 0.2) is 23.2 Å². The van der Waals surface area contributed by atoms with Crippen LogP contribution in [0, 0.1) is 12.8 Å². The first kappa shape index (κ1) is 22.8. The van der Waals surface area contributed by atoms with Gasteiger partial charge in [-0.2, -0.15) is 0 Å². The smallest absolute Gasteiger partial charge is 0.191 e. The molecule has 2 saturated heterocycles. The van der Waals surface area contributed by atoms with E-state index in [4.69, 9.17) is 19.2 Å². The van der Waals surface area contributed by atoms with Gasteiger partial charge in [0.25, 0.3) is 0 Å². The van der Waals surface area contributed by atoms with E-state index in [1.54, 1.807) is 0 Å². The van der Waals surface area contributed by atoms with Crippen molar-refractivity contribution in [3.63, 3.8) is 0 Å². The highest BCUT2D eigenvalue weighted by atomic mass is 16.5. The average molecular weight is 419 g/mol. The van der Waals surface area contributed by atoms with Crippen LogP contribution < -0.4 is 15.4 Å². The first-order valence-corrected chi connectivity index (χ1v) is 11.3. The first-order chi connectivity index (χ1) is 14.6. The van der Waals surface area contributed by atoms with Crippen LogP contribution in [0.4, 0.5) is 0 Å². The van der Waals surface area contributed by atoms with E-state index in [0.717, 1.165) is 76.2 Å². The maximum atomic E-state index is 6.21. The average Bonchev–Trinajstić information content (AvgIpc) is 3.25. The Morgan fingerprint density at radius 2 is 2.07 bits per heavy atom. The summed E-state index contributed by atoms with van der Waals surface area (Å²) >= 11 is 0. The zero-order valence-electron chi connectivity index (χ0n) is 18.8. The molecule has 2 fully saturated rings. The van der Waals surface area contributed by atoms with Crippen molar-refractivity contribution in [3.8, 4) is 5.75 Å². The van der Waals surface area contributed by atoms with Crippen LogP contribution >= 0.6 is 0 Å². The third-order valence-electron chi connectivity index (χ3n) is 5.45. The van der Waals surface area contributed by atoms with Crippen LogP contribution in [0.5, 0.6) is 5.75 Å². The van der Waals surface area contributed by atoms with E-state index < -0.39 is 0 Å². The Morgan fingerprint density at radius 3 is 2.80 bits per heavy atom. The summed E-state index contributed by atoms with van der Waals surface area (Å²) in [7, 11) is 0. The normalized spacial score (nSPS) is 21.4. The van der Waals surface area contributed by atoms with Gasteiger partial charge in [0.1, 0.15) is 11.9 Å². The lowest BCUT2D eigenvalue weighted by Gasteiger charge is -2.29. The van der Waals surface area contributed by atoms with Gasteiger partial charge in [-0.25, -0.2) is 4.99 Å². The minimum Gasteiger partial charge on any atom is -0.488 e. The summed E-state index contributed by atoms with van der Waals surface area (Å²) in [5.41, 5.74) is 2.30. The molecule has 2 unspecified atom stereocenters. The predicted octanol–water partition coefficient (Wildman–Crippen LogP) is 2.19. The van der Waals surface area contributed by atoms with Crippen LogP contribution in [0.3, 0.4) is 0 Å². The highest BCUT2D eigenvalue weighted by Gasteiger charge is 2.19. The number of guanidine groups is 1. The van der Waals surface area contributed by atoms with Crippen molar-refractivity contribution in [2.45, 2.75) is 39.8 Å². The highest BCUT2D eigenvalue weighted by Crippen LogP contribution is 2.24. The topological polar surface area (TPSA) is 67.4 Å². The van der Waals surface area contributed by atoms with Gasteiger partial charge in [-0.3, -0.25) is 4.90 Å². The van der Waals surface area contributed by atoms with Crippen LogP contribution in [0.25, 0.3) is 0 Å². The second-order valence-electron chi connectivity index (χ2n) is 8.31. The molecule has 0 radical (unpaired) electrons. The SMILES string of the molecule is CCNC(=NCc1ccc(C)cc1OC1CCOC1)NCC(C)CN1CCOCC1. The number of nitrogens with zero attached hydrogens (tertiary/aromatic N) is 2. The van der Waals surface area contributed by atoms with Crippen molar-refractivity contribution in [2.24, 2.45) is 10.9 Å². The van der Waals surface area contributed by atoms with Gasteiger partial charge in [0.15, 0.2) is 5.96 Å². The summed E-state index contributed by atoms with van der Waals surface area (Å²) in [5, 5.41) is 6.86. The predicted molar refractivity (Wildman–Crippen MR) is 120 cm³/mol. The van der Waals surface area contributed by atoms with E-state index in [9.17, 15) is 0 Å². The number of hydrogen-bond acceptors (Lipinski definition) is 5. The van der Waals surface area contributed by atoms with Crippen LogP contribution in [0.2, 0.25) is 0 Å². The quantitative estimate of drug-likeness (QED) is 0.473. The summed E-state index contributed by atoms with van der Waals surface area (Å²) in [6.45, 7) is 15.0. The molecule has 0 bridgehead atoms. The fourth-order valence-corrected chi connectivity index (χ4v) is 3.75. The molecule has 3 rings (SSSR count). The molecule has 2 N–H and O–H groups in total. The fourth-order valence-electron chi connectivity index (χ4n) is 3.75. The number of ether oxygens (including phenoxy) is 3. The van der Waals surface area contributed by atoms with Crippen molar-refractivity contribution in [2.75, 3.05) is 59.2 Å². The van der Waals surface area contributed by atoms with Crippen LogP contribution in [-0.2, 0) is 16.0 Å². The molecular formula is C23H38N4O3. The van der Waals surface area contributed by atoms with Gasteiger partial charge in [0.05, 0.1) is 33.0 Å². The summed E-state index contributed by atoms with van der Waals surface area (Å²) < 4.78 is 17.1. The minimum atomic E-state index is 0.141. The molecular weight excluding hydrogens is 380 g/mol. The lowest BCUT2D eigenvalue weighted by molar-refractivity contribution is 0.0320. The first-order valence-electron chi connectivity index (χ1n) is 11.3. The molecule has 0 spiro atoms. The van der Waals surface area contributed by atoms with Crippen LogP contribution in [0.1, 0.15) is 31.4 Å². The van der Waals surface area contributed by atoms with Crippen molar-refractivity contribution in [1.82, 2.24) is 15.5 Å². The van der Waals surface area contributed by atoms with E-state index in [1.165, 1.54) is 5.56 Å². The van der Waals surface area contributed by atoms with Gasteiger partial charge in [-0.15, -0.1) is 0 Å². The standard InChI is InChI=1S/C23H38N4O3/c1-4-24-23(25-14-19(3)16-27-8-11-28-12-9-27)26-15-20-6-5-18(2)13-22(20)30-21-7-10-29-17-21/h5-6,13,19,21H,4,7-12,14-17H2,1-3H3,(H2,24,25,26). The Morgan fingerprint density at radius 1 is 1.23 bits per heavy atom. The van der Waals surface area contributed by atoms with Crippen LogP contribution in [-0.4, -0.2) is 76.1 Å². The molecule has 7 nitrogen and oxygen atoms in total. The number of aryl methyl sites for hydroxylation is 1. The highest BCUT2D eigenvalue weighted by molar-refractivity contribution is 5.79. The number of aliphatic imine (C=N–C) groups is 1. The summed E-state index contributed by atoms with van der Waals surface area (Å²) in [6, 6.07) is 6.34. The van der Waals surface area contributed by atoms with Gasteiger partial charge >= 0.3 is 0 Å². The van der Waals surface area contributed by atoms with Crippen molar-refractivity contribution in [3.05, 3.63) is 29.3 Å². The van der Waals surface area contributed by atoms with Crippen molar-refractivity contribution >= 4 is 5.96 Å². The van der Waals surface area contributed by atoms with Gasteiger partial charge in [-0.05, 0) is 31.4 Å². The number of rotatable bonds is 9. The summed E-state index contributed by atoms with van der Waals surface area (Å²) in [4.78, 5) is 7.29. The van der Waals surface area contributed by atoms with E-state index >= 15 is 0 Å². The molecule has 2 aliphatic rings. The third kappa shape index (κ3) is 7.45. The van der Waals surface area contributed by atoms with E-state index in [1.807, 2.05) is 0 Å². The molecule has 0 amide bonds. The maximum absolute atomic E-state index is 6.21. The van der Waals surface area contributed by atoms with Crippen molar-refractivity contribution < 1.29 is 14.2 Å². The molecule has 7 heteroatoms. The molecule has 0 aliphatic carbocycles. The van der Waals surface area contributed by atoms with Gasteiger partial charge in [0, 0.05) is 44.7 Å². The Balaban J connectivity index is 1.55. The molecule has 1 aromatic rings. The largest absolute Gasteiger partial charge is 0.488 e. The second kappa shape index (κ2) is 12.1. The molecule has 0 aromatic heterocycles. The zero-order chi connectivity index (χ0) is 21.2. The molecule has 2 heterocycles. The number of morpholine rings is 1. The lowest BCUT2D eigenvalue weighted by Crippen LogP contribution is -2.44. The fraction of sp³-hybridized carbons (Fsp3) is 0.696. The molecule has 2 aliphatic heterocycles. The lowest BCUT2D eigenvalue weighted by atomic mass is 10.1. The van der Waals surface area contributed by atoms with E-state index in [2.05, 4.69) is 54.5 Å². The summed E-state index contributed by atoms with van der Waals surface area (Å²) in [5.74, 6) is 2.31. The van der Waals surface area contributed by atoms with Gasteiger partial charge in [0.2, 0.25) is 0 Å². The Labute approximate surface area is 181 Å². The monoisotopic (exact) mass is 418 g/mol. The molecule has 168 valence electrons. The molecule has 30 heavy (non-hydrogen) atoms. The second-order valence-corrected chi connectivity index (χ2v) is 8.31. The van der Waals surface area contributed by atoms with E-state index in [-0.39, 0.29) is 6.10 Å². The van der Waals surface area contributed by atoms with Gasteiger partial charge < -0.3 is 24.8 Å². The number of hydrogen-bond donors (Lipinski definition) is 2. The Bertz CT molecular complexity index is 670. The van der Waals surface area contributed by atoms with Crippen molar-refractivity contribution in [1.29, 1.82) is 0 Å². The third-order valence-corrected chi connectivity index (χ3v) is 5.45. The number of nitrogens with one attached hydrogen (secondary N) is 2. The Kier molecular flexibility index (Phi) is 9.24. The molecule has 1 aromatic carbocycles. The Hall–Kier alpha value is -1.83. The van der Waals surface area contributed by atoms with Gasteiger partial charge in [-0.1, -0.05) is 19.1 Å².